The number of hydrogen-bond donors (Lipinski definition) is 0. The first-order chi connectivity index (χ1) is 9.51. The molecule has 0 saturated heterocycles. The molecule has 0 aliphatic heterocycles. The predicted molar refractivity (Wildman–Crippen MR) is 74.4 cm³/mol. The summed E-state index contributed by atoms with van der Waals surface area (Å²) in [6.07, 6.45) is 0.593. The summed E-state index contributed by atoms with van der Waals surface area (Å²) in [5.41, 5.74) is 0.211. The fraction of sp³-hybridized carbons (Fsp3) is 0.0833. The van der Waals surface area contributed by atoms with E-state index in [1.54, 1.807) is 19.1 Å². The molecule has 2 aromatic rings. The third kappa shape index (κ3) is 3.12. The number of carbonyl (C=O) groups excluding carboxylic acids is 1. The Hall–Kier alpha value is -1.99. The van der Waals surface area contributed by atoms with Crippen molar-refractivity contribution in [2.45, 2.75) is 16.8 Å². The van der Waals surface area contributed by atoms with Gasteiger partial charge >= 0.3 is 0 Å². The quantitative estimate of drug-likeness (QED) is 0.373. The van der Waals surface area contributed by atoms with Crippen LogP contribution in [0.15, 0.2) is 34.2 Å². The van der Waals surface area contributed by atoms with Gasteiger partial charge in [0.1, 0.15) is 16.0 Å². The van der Waals surface area contributed by atoms with Crippen LogP contribution in [-0.4, -0.2) is 21.2 Å². The number of aryl methyl sites for hydroxylation is 1. The van der Waals surface area contributed by atoms with Crippen LogP contribution in [0.3, 0.4) is 0 Å². The first-order valence-electron chi connectivity index (χ1n) is 5.43. The number of aromatic nitrogens is 2. The van der Waals surface area contributed by atoms with Crippen molar-refractivity contribution in [2.24, 2.45) is 0 Å². The van der Waals surface area contributed by atoms with Crippen molar-refractivity contribution in [1.29, 1.82) is 0 Å². The molecule has 0 aliphatic carbocycles. The van der Waals surface area contributed by atoms with Crippen LogP contribution in [0.2, 0.25) is 5.15 Å². The zero-order valence-electron chi connectivity index (χ0n) is 10.2. The van der Waals surface area contributed by atoms with Crippen LogP contribution in [0.1, 0.15) is 16.2 Å². The van der Waals surface area contributed by atoms with E-state index in [4.69, 9.17) is 11.6 Å². The molecule has 0 unspecified atom stereocenters. The molecule has 102 valence electrons. The lowest BCUT2D eigenvalue weighted by Gasteiger charge is -2.06. The minimum absolute atomic E-state index is 0.00172. The van der Waals surface area contributed by atoms with Gasteiger partial charge in [-0.25, -0.2) is 9.97 Å². The summed E-state index contributed by atoms with van der Waals surface area (Å²) in [7, 11) is 0. The first-order valence-corrected chi connectivity index (χ1v) is 6.62. The van der Waals surface area contributed by atoms with Crippen molar-refractivity contribution < 1.29 is 9.72 Å². The Bertz CT molecular complexity index is 676. The van der Waals surface area contributed by atoms with E-state index in [9.17, 15) is 14.9 Å². The van der Waals surface area contributed by atoms with Gasteiger partial charge in [-0.15, -0.1) is 0 Å². The second kappa shape index (κ2) is 5.98. The van der Waals surface area contributed by atoms with E-state index in [1.807, 2.05) is 0 Å². The molecule has 20 heavy (non-hydrogen) atoms. The summed E-state index contributed by atoms with van der Waals surface area (Å²) in [6, 6.07) is 5.95. The molecule has 1 heterocycles. The van der Waals surface area contributed by atoms with Crippen LogP contribution in [-0.2, 0) is 0 Å². The number of aldehydes is 1. The molecule has 0 bridgehead atoms. The molecule has 0 saturated carbocycles. The van der Waals surface area contributed by atoms with E-state index in [-0.39, 0.29) is 16.4 Å². The second-order valence-corrected chi connectivity index (χ2v) is 5.17. The van der Waals surface area contributed by atoms with Gasteiger partial charge < -0.3 is 0 Å². The predicted octanol–water partition coefficient (Wildman–Crippen LogP) is 3.31. The Kier molecular flexibility index (Phi) is 4.31. The number of rotatable bonds is 4. The Labute approximate surface area is 123 Å². The number of nitrogens with zero attached hydrogens (tertiary/aromatic N) is 3. The van der Waals surface area contributed by atoms with E-state index in [2.05, 4.69) is 9.97 Å². The van der Waals surface area contributed by atoms with Gasteiger partial charge in [-0.1, -0.05) is 23.4 Å². The summed E-state index contributed by atoms with van der Waals surface area (Å²) in [6.45, 7) is 1.67. The molecule has 0 radical (unpaired) electrons. The van der Waals surface area contributed by atoms with Gasteiger partial charge in [-0.05, 0) is 19.1 Å². The van der Waals surface area contributed by atoms with Crippen molar-refractivity contribution in [1.82, 2.24) is 9.97 Å². The maximum atomic E-state index is 11.0. The molecule has 0 N–H and O–H groups in total. The van der Waals surface area contributed by atoms with E-state index < -0.39 is 4.92 Å². The summed E-state index contributed by atoms with van der Waals surface area (Å²) >= 11 is 7.08. The molecule has 0 amide bonds. The molecular weight excluding hydrogens is 302 g/mol. The van der Waals surface area contributed by atoms with Crippen molar-refractivity contribution >= 4 is 35.3 Å². The topological polar surface area (TPSA) is 86.0 Å². The van der Waals surface area contributed by atoms with Crippen LogP contribution in [0.25, 0.3) is 0 Å². The lowest BCUT2D eigenvalue weighted by Crippen LogP contribution is -1.98. The van der Waals surface area contributed by atoms with Crippen molar-refractivity contribution in [3.05, 3.63) is 50.9 Å². The average Bonchev–Trinajstić information content (AvgIpc) is 2.39. The molecule has 1 aromatic carbocycles. The minimum Gasteiger partial charge on any atom is -0.298 e. The highest BCUT2D eigenvalue weighted by molar-refractivity contribution is 7.99. The summed E-state index contributed by atoms with van der Waals surface area (Å²) in [5, 5.41) is 11.1. The molecule has 0 spiro atoms. The zero-order valence-corrected chi connectivity index (χ0v) is 11.8. The number of carbonyl (C=O) groups is 1. The van der Waals surface area contributed by atoms with Gasteiger partial charge in [0, 0.05) is 17.0 Å². The second-order valence-electron chi connectivity index (χ2n) is 3.75. The van der Waals surface area contributed by atoms with Crippen LogP contribution in [0, 0.1) is 17.0 Å². The van der Waals surface area contributed by atoms with Gasteiger partial charge in [-0.3, -0.25) is 14.9 Å². The number of hydrogen-bond acceptors (Lipinski definition) is 6. The molecule has 8 heteroatoms. The van der Waals surface area contributed by atoms with Gasteiger partial charge in [0.25, 0.3) is 5.69 Å². The van der Waals surface area contributed by atoms with Crippen molar-refractivity contribution in [3.8, 4) is 0 Å². The molecule has 0 fully saturated rings. The third-order valence-corrected chi connectivity index (χ3v) is 3.66. The Morgan fingerprint density at radius 3 is 2.50 bits per heavy atom. The molecule has 6 nitrogen and oxygen atoms in total. The lowest BCUT2D eigenvalue weighted by atomic mass is 10.3. The molecule has 1 aromatic heterocycles. The Morgan fingerprint density at radius 2 is 1.95 bits per heavy atom. The van der Waals surface area contributed by atoms with Gasteiger partial charge in [-0.2, -0.15) is 0 Å². The van der Waals surface area contributed by atoms with Crippen LogP contribution >= 0.6 is 23.4 Å². The fourth-order valence-corrected chi connectivity index (χ4v) is 2.69. The largest absolute Gasteiger partial charge is 0.298 e. The van der Waals surface area contributed by atoms with Gasteiger partial charge in [0.2, 0.25) is 0 Å². The Balaban J connectivity index is 2.34. The molecule has 0 aliphatic rings. The van der Waals surface area contributed by atoms with E-state index >= 15 is 0 Å². The standard InChI is InChI=1S/C12H8ClN3O3S/c1-7-14-11(13)10(6-17)12(15-7)20-9-4-2-8(3-5-9)16(18)19/h2-6H,1H3. The zero-order chi connectivity index (χ0) is 14.7. The maximum Gasteiger partial charge on any atom is 0.269 e. The molecule has 0 atom stereocenters. The fourth-order valence-electron chi connectivity index (χ4n) is 1.45. The number of halogens is 1. The summed E-state index contributed by atoms with van der Waals surface area (Å²) in [5.74, 6) is 0.449. The van der Waals surface area contributed by atoms with E-state index in [0.29, 0.717) is 22.0 Å². The minimum atomic E-state index is -0.475. The SMILES string of the molecule is Cc1nc(Cl)c(C=O)c(Sc2ccc([N+](=O)[O-])cc2)n1. The van der Waals surface area contributed by atoms with Crippen molar-refractivity contribution in [2.75, 3.05) is 0 Å². The number of nitro benzene ring substituents is 1. The first kappa shape index (κ1) is 14.4. The Morgan fingerprint density at radius 1 is 1.30 bits per heavy atom. The number of non-ortho nitro benzene ring substituents is 1. The smallest absolute Gasteiger partial charge is 0.269 e. The summed E-state index contributed by atoms with van der Waals surface area (Å²) in [4.78, 5) is 29.9. The maximum absolute atomic E-state index is 11.0. The highest BCUT2D eigenvalue weighted by Gasteiger charge is 2.13. The normalized spacial score (nSPS) is 10.3. The van der Waals surface area contributed by atoms with Gasteiger partial charge in [0.15, 0.2) is 6.29 Å². The molecule has 2 rings (SSSR count). The van der Waals surface area contributed by atoms with Crippen LogP contribution < -0.4 is 0 Å². The van der Waals surface area contributed by atoms with Gasteiger partial charge in [0.05, 0.1) is 10.5 Å². The van der Waals surface area contributed by atoms with Crippen LogP contribution in [0.4, 0.5) is 5.69 Å². The monoisotopic (exact) mass is 309 g/mol. The summed E-state index contributed by atoms with van der Waals surface area (Å²) < 4.78 is 0. The van der Waals surface area contributed by atoms with Crippen molar-refractivity contribution in [3.63, 3.8) is 0 Å². The molecular formula is C12H8ClN3O3S. The average molecular weight is 310 g/mol. The van der Waals surface area contributed by atoms with E-state index in [0.717, 1.165) is 0 Å². The highest BCUT2D eigenvalue weighted by atomic mass is 35.5. The van der Waals surface area contributed by atoms with Crippen LogP contribution in [0.5, 0.6) is 0 Å². The highest BCUT2D eigenvalue weighted by Crippen LogP contribution is 2.31. The third-order valence-electron chi connectivity index (χ3n) is 2.36. The lowest BCUT2D eigenvalue weighted by molar-refractivity contribution is -0.384. The van der Waals surface area contributed by atoms with E-state index in [1.165, 1.54) is 23.9 Å². The number of nitro groups is 1. The number of benzene rings is 1.